The third-order valence-electron chi connectivity index (χ3n) is 3.24. The maximum Gasteiger partial charge on any atom is 0.240 e. The molecule has 0 spiro atoms. The lowest BCUT2D eigenvalue weighted by Gasteiger charge is -2.13. The Kier molecular flexibility index (Phi) is 3.66. The largest absolute Gasteiger partial charge is 0.389 e. The second-order valence-electron chi connectivity index (χ2n) is 4.86. The minimum Gasteiger partial charge on any atom is -0.389 e. The molecule has 2 atom stereocenters. The molecular formula is C13H15N3O3S. The number of aliphatic hydroxyl groups is 2. The highest BCUT2D eigenvalue weighted by molar-refractivity contribution is 7.22. The minimum atomic E-state index is -0.773. The monoisotopic (exact) mass is 293 g/mol. The van der Waals surface area contributed by atoms with Crippen LogP contribution in [0, 0.1) is 0 Å². The number of hydrogen-bond acceptors (Lipinski definition) is 6. The predicted octanol–water partition coefficient (Wildman–Crippen LogP) is 0.272. The number of para-hydroxylation sites is 1. The lowest BCUT2D eigenvalue weighted by Crippen LogP contribution is -2.32. The van der Waals surface area contributed by atoms with Crippen molar-refractivity contribution in [2.45, 2.75) is 12.2 Å². The molecule has 2 heterocycles. The number of benzene rings is 1. The van der Waals surface area contributed by atoms with Crippen LogP contribution in [0.3, 0.4) is 0 Å². The molecule has 106 valence electrons. The normalized spacial score (nSPS) is 23.3. The van der Waals surface area contributed by atoms with Crippen molar-refractivity contribution in [1.29, 1.82) is 0 Å². The molecule has 20 heavy (non-hydrogen) atoms. The Morgan fingerprint density at radius 1 is 1.35 bits per heavy atom. The summed E-state index contributed by atoms with van der Waals surface area (Å²) in [6, 6.07) is 7.68. The molecule has 2 aromatic rings. The number of rotatable bonds is 3. The standard InChI is InChI=1S/C13H15N3O3S/c17-9-5-16(6-10(9)18)7-12(19)15-13-14-8-3-1-2-4-11(8)20-13/h1-4,9-10,17-18H,5-7H2,(H,14,15,19)/t9-,10+. The number of β-amino-alcohol motifs (C(OH)–C–C–N with tert-alkyl or cyclic N) is 2. The Balaban J connectivity index is 1.61. The summed E-state index contributed by atoms with van der Waals surface area (Å²) in [7, 11) is 0. The van der Waals surface area contributed by atoms with Gasteiger partial charge in [-0.3, -0.25) is 9.69 Å². The van der Waals surface area contributed by atoms with Gasteiger partial charge in [-0.25, -0.2) is 4.98 Å². The number of aromatic nitrogens is 1. The smallest absolute Gasteiger partial charge is 0.240 e. The van der Waals surface area contributed by atoms with Gasteiger partial charge in [0.1, 0.15) is 0 Å². The Morgan fingerprint density at radius 3 is 2.75 bits per heavy atom. The Hall–Kier alpha value is -1.54. The van der Waals surface area contributed by atoms with Gasteiger partial charge in [-0.2, -0.15) is 0 Å². The quantitative estimate of drug-likeness (QED) is 0.756. The molecule has 1 aromatic heterocycles. The highest BCUT2D eigenvalue weighted by Gasteiger charge is 2.30. The number of aliphatic hydroxyl groups excluding tert-OH is 2. The number of fused-ring (bicyclic) bond motifs is 1. The molecule has 1 aromatic carbocycles. The first-order chi connectivity index (χ1) is 9.61. The van der Waals surface area contributed by atoms with E-state index in [0.29, 0.717) is 18.2 Å². The van der Waals surface area contributed by atoms with Crippen LogP contribution >= 0.6 is 11.3 Å². The average molecular weight is 293 g/mol. The summed E-state index contributed by atoms with van der Waals surface area (Å²) < 4.78 is 1.02. The predicted molar refractivity (Wildman–Crippen MR) is 76.7 cm³/mol. The van der Waals surface area contributed by atoms with E-state index in [1.54, 1.807) is 4.90 Å². The van der Waals surface area contributed by atoms with Gasteiger partial charge in [-0.05, 0) is 12.1 Å². The Bertz CT molecular complexity index is 587. The van der Waals surface area contributed by atoms with Crippen LogP contribution in [0.1, 0.15) is 0 Å². The maximum absolute atomic E-state index is 11.9. The van der Waals surface area contributed by atoms with E-state index >= 15 is 0 Å². The highest BCUT2D eigenvalue weighted by atomic mass is 32.1. The molecular weight excluding hydrogens is 278 g/mol. The van der Waals surface area contributed by atoms with Crippen LogP contribution in [0.5, 0.6) is 0 Å². The van der Waals surface area contributed by atoms with Crippen LogP contribution in [0.2, 0.25) is 0 Å². The Labute approximate surface area is 119 Å². The fourth-order valence-electron chi connectivity index (χ4n) is 2.26. The molecule has 1 aliphatic rings. The minimum absolute atomic E-state index is 0.143. The number of nitrogens with one attached hydrogen (secondary N) is 1. The van der Waals surface area contributed by atoms with E-state index in [-0.39, 0.29) is 12.5 Å². The van der Waals surface area contributed by atoms with Crippen LogP contribution in [-0.2, 0) is 4.79 Å². The summed E-state index contributed by atoms with van der Waals surface area (Å²) in [6.07, 6.45) is -1.55. The van der Waals surface area contributed by atoms with E-state index < -0.39 is 12.2 Å². The van der Waals surface area contributed by atoms with Gasteiger partial charge < -0.3 is 15.5 Å². The second kappa shape index (κ2) is 5.45. The first-order valence-electron chi connectivity index (χ1n) is 6.36. The van der Waals surface area contributed by atoms with Crippen LogP contribution in [0.4, 0.5) is 5.13 Å². The van der Waals surface area contributed by atoms with Crippen LogP contribution in [0.15, 0.2) is 24.3 Å². The fraction of sp³-hybridized carbons (Fsp3) is 0.385. The number of likely N-dealkylation sites (tertiary alicyclic amines) is 1. The van der Waals surface area contributed by atoms with Gasteiger partial charge in [-0.1, -0.05) is 23.5 Å². The summed E-state index contributed by atoms with van der Waals surface area (Å²) in [5.74, 6) is -0.189. The fourth-order valence-corrected chi connectivity index (χ4v) is 3.15. The molecule has 3 rings (SSSR count). The molecule has 1 amide bonds. The molecule has 0 radical (unpaired) electrons. The number of hydrogen-bond donors (Lipinski definition) is 3. The lowest BCUT2D eigenvalue weighted by molar-refractivity contribution is -0.117. The third-order valence-corrected chi connectivity index (χ3v) is 4.19. The molecule has 1 fully saturated rings. The SMILES string of the molecule is O=C(CN1C[C@@H](O)[C@@H](O)C1)Nc1nc2ccccc2s1. The number of carbonyl (C=O) groups excluding carboxylic acids is 1. The molecule has 0 unspecified atom stereocenters. The van der Waals surface area contributed by atoms with Crippen molar-refractivity contribution in [3.63, 3.8) is 0 Å². The van der Waals surface area contributed by atoms with Gasteiger partial charge in [0.25, 0.3) is 0 Å². The number of thiazole rings is 1. The van der Waals surface area contributed by atoms with E-state index in [1.165, 1.54) is 11.3 Å². The average Bonchev–Trinajstić information content (AvgIpc) is 2.92. The number of amides is 1. The number of anilines is 1. The van der Waals surface area contributed by atoms with E-state index in [4.69, 9.17) is 0 Å². The van der Waals surface area contributed by atoms with Gasteiger partial charge in [0.05, 0.1) is 29.0 Å². The molecule has 0 saturated carbocycles. The molecule has 6 nitrogen and oxygen atoms in total. The van der Waals surface area contributed by atoms with Gasteiger partial charge in [0.2, 0.25) is 5.91 Å². The third kappa shape index (κ3) is 2.80. The zero-order valence-electron chi connectivity index (χ0n) is 10.7. The first kappa shape index (κ1) is 13.4. The highest BCUT2D eigenvalue weighted by Crippen LogP contribution is 2.25. The van der Waals surface area contributed by atoms with Crippen LogP contribution in [-0.4, -0.2) is 57.8 Å². The summed E-state index contributed by atoms with van der Waals surface area (Å²) in [5, 5.41) is 22.2. The van der Waals surface area contributed by atoms with E-state index in [9.17, 15) is 15.0 Å². The van der Waals surface area contributed by atoms with Gasteiger partial charge >= 0.3 is 0 Å². The molecule has 1 saturated heterocycles. The van der Waals surface area contributed by atoms with Crippen LogP contribution in [0.25, 0.3) is 10.2 Å². The topological polar surface area (TPSA) is 85.7 Å². The maximum atomic E-state index is 11.9. The van der Waals surface area contributed by atoms with Crippen molar-refractivity contribution in [3.05, 3.63) is 24.3 Å². The zero-order valence-corrected chi connectivity index (χ0v) is 11.5. The van der Waals surface area contributed by atoms with Crippen molar-refractivity contribution >= 4 is 32.6 Å². The van der Waals surface area contributed by atoms with Crippen molar-refractivity contribution in [1.82, 2.24) is 9.88 Å². The summed E-state index contributed by atoms with van der Waals surface area (Å²) in [6.45, 7) is 0.771. The molecule has 0 bridgehead atoms. The molecule has 3 N–H and O–H groups in total. The molecule has 7 heteroatoms. The van der Waals surface area contributed by atoms with Crippen molar-refractivity contribution in [2.24, 2.45) is 0 Å². The van der Waals surface area contributed by atoms with Crippen LogP contribution < -0.4 is 5.32 Å². The number of carbonyl (C=O) groups is 1. The van der Waals surface area contributed by atoms with E-state index in [0.717, 1.165) is 10.2 Å². The van der Waals surface area contributed by atoms with E-state index in [1.807, 2.05) is 24.3 Å². The zero-order chi connectivity index (χ0) is 14.1. The molecule has 0 aliphatic carbocycles. The first-order valence-corrected chi connectivity index (χ1v) is 7.17. The summed E-state index contributed by atoms with van der Waals surface area (Å²) >= 11 is 1.42. The van der Waals surface area contributed by atoms with Crippen molar-refractivity contribution in [3.8, 4) is 0 Å². The van der Waals surface area contributed by atoms with Gasteiger partial charge in [0.15, 0.2) is 5.13 Å². The van der Waals surface area contributed by atoms with Gasteiger partial charge in [-0.15, -0.1) is 0 Å². The summed E-state index contributed by atoms with van der Waals surface area (Å²) in [4.78, 5) is 18.0. The lowest BCUT2D eigenvalue weighted by atomic mass is 10.3. The van der Waals surface area contributed by atoms with E-state index in [2.05, 4.69) is 10.3 Å². The number of nitrogens with zero attached hydrogens (tertiary/aromatic N) is 2. The summed E-state index contributed by atoms with van der Waals surface area (Å²) in [5.41, 5.74) is 0.861. The molecule has 1 aliphatic heterocycles. The van der Waals surface area contributed by atoms with Crippen molar-refractivity contribution < 1.29 is 15.0 Å². The Morgan fingerprint density at radius 2 is 2.05 bits per heavy atom. The second-order valence-corrected chi connectivity index (χ2v) is 5.89. The van der Waals surface area contributed by atoms with Gasteiger partial charge in [0, 0.05) is 13.1 Å². The van der Waals surface area contributed by atoms with Crippen molar-refractivity contribution in [2.75, 3.05) is 25.0 Å².